The van der Waals surface area contributed by atoms with Gasteiger partial charge in [0.05, 0.1) is 12.2 Å². The minimum atomic E-state index is -0.540. The molecule has 3 heterocycles. The third kappa shape index (κ3) is 4.17. The van der Waals surface area contributed by atoms with Crippen LogP contribution in [0, 0.1) is 0 Å². The summed E-state index contributed by atoms with van der Waals surface area (Å²) in [5.41, 5.74) is 7.19. The van der Waals surface area contributed by atoms with Crippen molar-refractivity contribution in [1.29, 1.82) is 0 Å². The molecule has 144 valence electrons. The van der Waals surface area contributed by atoms with Crippen molar-refractivity contribution < 1.29 is 14.3 Å². The number of carbonyl (C=O) groups is 2. The molecule has 2 aliphatic heterocycles. The van der Waals surface area contributed by atoms with Crippen LogP contribution in [0.5, 0.6) is 0 Å². The fourth-order valence-corrected chi connectivity index (χ4v) is 3.45. The number of amides is 1. The average molecular weight is 363 g/mol. The van der Waals surface area contributed by atoms with Crippen LogP contribution in [-0.4, -0.2) is 63.4 Å². The molecule has 1 saturated heterocycles. The van der Waals surface area contributed by atoms with Gasteiger partial charge in [-0.25, -0.2) is 4.79 Å². The molecule has 1 amide bonds. The number of likely N-dealkylation sites (tertiary alicyclic amines) is 1. The van der Waals surface area contributed by atoms with Gasteiger partial charge in [0.2, 0.25) is 5.91 Å². The Kier molecular flexibility index (Phi) is 5.22. The second-order valence-corrected chi connectivity index (χ2v) is 8.07. The predicted octanol–water partition coefficient (Wildman–Crippen LogP) is 1.88. The maximum absolute atomic E-state index is 12.5. The summed E-state index contributed by atoms with van der Waals surface area (Å²) in [5, 5.41) is 4.40. The lowest BCUT2D eigenvalue weighted by molar-refractivity contribution is 0.0221. The van der Waals surface area contributed by atoms with E-state index in [-0.39, 0.29) is 12.0 Å². The molecule has 2 aliphatic rings. The van der Waals surface area contributed by atoms with Crippen LogP contribution in [-0.2, 0) is 17.7 Å². The molecule has 0 radical (unpaired) electrons. The van der Waals surface area contributed by atoms with E-state index >= 15 is 0 Å². The normalized spacial score (nSPS) is 18.0. The number of nitrogens with zero attached hydrogens (tertiary/aromatic N) is 4. The van der Waals surface area contributed by atoms with Gasteiger partial charge in [-0.2, -0.15) is 9.78 Å². The number of rotatable bonds is 3. The van der Waals surface area contributed by atoms with Gasteiger partial charge in [-0.1, -0.05) is 0 Å². The minimum Gasteiger partial charge on any atom is -0.444 e. The van der Waals surface area contributed by atoms with Gasteiger partial charge in [-0.15, -0.1) is 0 Å². The van der Waals surface area contributed by atoms with Crippen molar-refractivity contribution in [3.8, 4) is 0 Å². The molecule has 1 aromatic rings. The van der Waals surface area contributed by atoms with Gasteiger partial charge in [0.25, 0.3) is 0 Å². The van der Waals surface area contributed by atoms with Crippen LogP contribution in [0.2, 0.25) is 0 Å². The number of anilines is 1. The van der Waals surface area contributed by atoms with Gasteiger partial charge in [0.15, 0.2) is 0 Å². The monoisotopic (exact) mass is 363 g/mol. The second kappa shape index (κ2) is 7.26. The van der Waals surface area contributed by atoms with Gasteiger partial charge < -0.3 is 20.3 Å². The molecule has 8 nitrogen and oxygen atoms in total. The van der Waals surface area contributed by atoms with E-state index in [1.807, 2.05) is 20.8 Å². The summed E-state index contributed by atoms with van der Waals surface area (Å²) in [7, 11) is 0. The molecule has 1 aromatic heterocycles. The van der Waals surface area contributed by atoms with Crippen LogP contribution in [0.4, 0.5) is 10.6 Å². The summed E-state index contributed by atoms with van der Waals surface area (Å²) in [5.74, 6) is 0.322. The van der Waals surface area contributed by atoms with Crippen LogP contribution < -0.4 is 5.73 Å². The lowest BCUT2D eigenvalue weighted by Crippen LogP contribution is -2.39. The van der Waals surface area contributed by atoms with Gasteiger partial charge >= 0.3 is 6.09 Å². The maximum Gasteiger partial charge on any atom is 0.410 e. The van der Waals surface area contributed by atoms with Gasteiger partial charge in [-0.05, 0) is 53.1 Å². The lowest BCUT2D eigenvalue weighted by Gasteiger charge is -2.29. The molecule has 26 heavy (non-hydrogen) atoms. The number of nitrogens with two attached hydrogens (primary N) is 1. The third-order valence-corrected chi connectivity index (χ3v) is 4.81. The minimum absolute atomic E-state index is 0.0902. The van der Waals surface area contributed by atoms with E-state index in [9.17, 15) is 9.59 Å². The highest BCUT2D eigenvalue weighted by Crippen LogP contribution is 2.25. The second-order valence-electron chi connectivity index (χ2n) is 8.07. The number of nitrogen functional groups attached to an aromatic ring is 1. The fraction of sp³-hybridized carbons (Fsp3) is 0.722. The Morgan fingerprint density at radius 3 is 2.54 bits per heavy atom. The molecule has 2 N–H and O–H groups in total. The molecular weight excluding hydrogens is 334 g/mol. The van der Waals surface area contributed by atoms with Gasteiger partial charge in [0.1, 0.15) is 11.4 Å². The van der Waals surface area contributed by atoms with Crippen LogP contribution in [0.15, 0.2) is 0 Å². The van der Waals surface area contributed by atoms with Crippen molar-refractivity contribution in [2.24, 2.45) is 0 Å². The highest BCUT2D eigenvalue weighted by Gasteiger charge is 2.30. The van der Waals surface area contributed by atoms with E-state index in [1.165, 1.54) is 17.5 Å². The summed E-state index contributed by atoms with van der Waals surface area (Å²) in [6, 6.07) is 0. The Bertz CT molecular complexity index is 686. The molecule has 0 aromatic carbocycles. The summed E-state index contributed by atoms with van der Waals surface area (Å²) < 4.78 is 6.74. The summed E-state index contributed by atoms with van der Waals surface area (Å²) >= 11 is 0. The number of hydrogen-bond acceptors (Lipinski definition) is 6. The topological polar surface area (TPSA) is 93.7 Å². The molecule has 0 unspecified atom stereocenters. The maximum atomic E-state index is 12.5. The van der Waals surface area contributed by atoms with Gasteiger partial charge in [-0.3, -0.25) is 4.79 Å². The zero-order valence-corrected chi connectivity index (χ0v) is 16.0. The number of ether oxygens (including phenoxy) is 1. The highest BCUT2D eigenvalue weighted by atomic mass is 16.6. The number of hydrogen-bond donors (Lipinski definition) is 1. The third-order valence-electron chi connectivity index (χ3n) is 4.81. The smallest absolute Gasteiger partial charge is 0.410 e. The first-order valence-electron chi connectivity index (χ1n) is 9.34. The van der Waals surface area contributed by atoms with Crippen molar-refractivity contribution in [3.63, 3.8) is 0 Å². The largest absolute Gasteiger partial charge is 0.444 e. The average Bonchev–Trinajstić information content (AvgIpc) is 3.19. The SMILES string of the molecule is CC(C)(C)OC(=O)N1CCc2c(nn(C(=O)CCN3CCCC3)c2N)C1. The first-order valence-corrected chi connectivity index (χ1v) is 9.34. The quantitative estimate of drug-likeness (QED) is 0.881. The Morgan fingerprint density at radius 1 is 1.19 bits per heavy atom. The molecule has 1 fully saturated rings. The molecule has 0 saturated carbocycles. The van der Waals surface area contributed by atoms with E-state index in [2.05, 4.69) is 10.00 Å². The van der Waals surface area contributed by atoms with Crippen molar-refractivity contribution in [2.45, 2.75) is 58.6 Å². The standard InChI is InChI=1S/C18H29N5O3/c1-18(2,3)26-17(25)22-11-6-13-14(12-22)20-23(16(13)19)15(24)7-10-21-8-4-5-9-21/h4-12,19H2,1-3H3. The van der Waals surface area contributed by atoms with E-state index < -0.39 is 5.60 Å². The van der Waals surface area contributed by atoms with Crippen LogP contribution in [0.1, 0.15) is 56.1 Å². The Morgan fingerprint density at radius 2 is 1.88 bits per heavy atom. The van der Waals surface area contributed by atoms with E-state index in [0.717, 1.165) is 25.2 Å². The van der Waals surface area contributed by atoms with Crippen molar-refractivity contribution in [3.05, 3.63) is 11.3 Å². The van der Waals surface area contributed by atoms with Crippen LogP contribution in [0.25, 0.3) is 0 Å². The first kappa shape index (κ1) is 18.7. The highest BCUT2D eigenvalue weighted by molar-refractivity contribution is 5.82. The first-order chi connectivity index (χ1) is 12.2. The Labute approximate surface area is 154 Å². The van der Waals surface area contributed by atoms with E-state index in [1.54, 1.807) is 4.90 Å². The molecule has 0 bridgehead atoms. The van der Waals surface area contributed by atoms with Crippen LogP contribution in [0.3, 0.4) is 0 Å². The number of aromatic nitrogens is 2. The van der Waals surface area contributed by atoms with Crippen molar-refractivity contribution >= 4 is 17.8 Å². The van der Waals surface area contributed by atoms with E-state index in [4.69, 9.17) is 10.5 Å². The molecule has 0 atom stereocenters. The molecule has 0 spiro atoms. The molecule has 8 heteroatoms. The Balaban J connectivity index is 1.65. The number of fused-ring (bicyclic) bond motifs is 1. The fourth-order valence-electron chi connectivity index (χ4n) is 3.45. The molecule has 3 rings (SSSR count). The van der Waals surface area contributed by atoms with Crippen molar-refractivity contribution in [2.75, 3.05) is 31.9 Å². The predicted molar refractivity (Wildman–Crippen MR) is 97.9 cm³/mol. The van der Waals surface area contributed by atoms with E-state index in [0.29, 0.717) is 37.4 Å². The molecular formula is C18H29N5O3. The summed E-state index contributed by atoms with van der Waals surface area (Å²) in [6.45, 7) is 9.21. The summed E-state index contributed by atoms with van der Waals surface area (Å²) in [6.07, 6.45) is 3.02. The summed E-state index contributed by atoms with van der Waals surface area (Å²) in [4.78, 5) is 28.7. The van der Waals surface area contributed by atoms with Gasteiger partial charge in [0, 0.05) is 25.1 Å². The Hall–Kier alpha value is -2.09. The molecule has 0 aliphatic carbocycles. The zero-order chi connectivity index (χ0) is 18.9. The zero-order valence-electron chi connectivity index (χ0n) is 16.0. The lowest BCUT2D eigenvalue weighted by atomic mass is 10.1. The van der Waals surface area contributed by atoms with Crippen molar-refractivity contribution in [1.82, 2.24) is 19.6 Å². The van der Waals surface area contributed by atoms with Crippen LogP contribution >= 0.6 is 0 Å². The number of carbonyl (C=O) groups excluding carboxylic acids is 2.